The maximum Gasteiger partial charge on any atom is 0.224 e. The highest BCUT2D eigenvalue weighted by Gasteiger charge is 2.11. The number of hydrogen-bond donors (Lipinski definition) is 1. The Hall–Kier alpha value is -2.35. The molecule has 0 amide bonds. The third-order valence-electron chi connectivity index (χ3n) is 2.50. The summed E-state index contributed by atoms with van der Waals surface area (Å²) < 4.78 is 5.52. The Morgan fingerprint density at radius 3 is 2.72 bits per heavy atom. The monoisotopic (exact) mass is 242 g/mol. The van der Waals surface area contributed by atoms with Gasteiger partial charge in [0.05, 0.1) is 6.04 Å². The van der Waals surface area contributed by atoms with E-state index in [1.165, 1.54) is 0 Å². The van der Waals surface area contributed by atoms with Crippen LogP contribution < -0.4 is 5.32 Å². The Kier molecular flexibility index (Phi) is 3.28. The number of furan rings is 1. The maximum atomic E-state index is 8.85. The van der Waals surface area contributed by atoms with Crippen molar-refractivity contribution in [3.63, 3.8) is 0 Å². The van der Waals surface area contributed by atoms with E-state index in [9.17, 15) is 0 Å². The SMILES string of the molecule is Cc1cc(C#N)nc(NC(C)c2ccc(C)o2)n1. The van der Waals surface area contributed by atoms with Gasteiger partial charge in [-0.1, -0.05) is 0 Å². The third kappa shape index (κ3) is 2.66. The van der Waals surface area contributed by atoms with Gasteiger partial charge >= 0.3 is 0 Å². The molecule has 1 unspecified atom stereocenters. The highest BCUT2D eigenvalue weighted by molar-refractivity contribution is 5.34. The fourth-order valence-electron chi connectivity index (χ4n) is 1.64. The maximum absolute atomic E-state index is 8.85. The molecule has 0 aliphatic carbocycles. The summed E-state index contributed by atoms with van der Waals surface area (Å²) in [6, 6.07) is 7.43. The number of nitrogens with one attached hydrogen (secondary N) is 1. The average Bonchev–Trinajstić information content (AvgIpc) is 2.75. The zero-order valence-corrected chi connectivity index (χ0v) is 10.6. The van der Waals surface area contributed by atoms with E-state index in [2.05, 4.69) is 15.3 Å². The van der Waals surface area contributed by atoms with Crippen molar-refractivity contribution in [3.8, 4) is 6.07 Å². The van der Waals surface area contributed by atoms with Crippen molar-refractivity contribution >= 4 is 5.95 Å². The Morgan fingerprint density at radius 2 is 2.11 bits per heavy atom. The first kappa shape index (κ1) is 12.1. The third-order valence-corrected chi connectivity index (χ3v) is 2.50. The van der Waals surface area contributed by atoms with Gasteiger partial charge in [-0.25, -0.2) is 9.97 Å². The van der Waals surface area contributed by atoms with Crippen LogP contribution in [0.25, 0.3) is 0 Å². The van der Waals surface area contributed by atoms with Crippen LogP contribution in [0.1, 0.15) is 35.9 Å². The smallest absolute Gasteiger partial charge is 0.224 e. The molecule has 5 nitrogen and oxygen atoms in total. The predicted octanol–water partition coefficient (Wildman–Crippen LogP) is 2.73. The predicted molar refractivity (Wildman–Crippen MR) is 67.0 cm³/mol. The molecule has 1 N–H and O–H groups in total. The summed E-state index contributed by atoms with van der Waals surface area (Å²) in [7, 11) is 0. The normalized spacial score (nSPS) is 11.9. The van der Waals surface area contributed by atoms with E-state index in [1.807, 2.05) is 39.0 Å². The molecule has 92 valence electrons. The number of hydrogen-bond acceptors (Lipinski definition) is 5. The first-order valence-corrected chi connectivity index (χ1v) is 5.67. The summed E-state index contributed by atoms with van der Waals surface area (Å²) in [6.07, 6.45) is 0. The van der Waals surface area contributed by atoms with Crippen molar-refractivity contribution in [2.24, 2.45) is 0 Å². The minimum absolute atomic E-state index is 0.0490. The van der Waals surface area contributed by atoms with Crippen LogP contribution in [0, 0.1) is 25.2 Å². The summed E-state index contributed by atoms with van der Waals surface area (Å²) in [5.74, 6) is 2.12. The van der Waals surface area contributed by atoms with Crippen molar-refractivity contribution < 1.29 is 4.42 Å². The first-order chi connectivity index (χ1) is 8.58. The molecule has 0 aliphatic rings. The van der Waals surface area contributed by atoms with E-state index in [0.29, 0.717) is 11.6 Å². The minimum atomic E-state index is -0.0490. The zero-order chi connectivity index (χ0) is 13.1. The molecule has 0 bridgehead atoms. The van der Waals surface area contributed by atoms with Crippen molar-refractivity contribution in [1.82, 2.24) is 9.97 Å². The fourth-order valence-corrected chi connectivity index (χ4v) is 1.64. The first-order valence-electron chi connectivity index (χ1n) is 5.67. The van der Waals surface area contributed by atoms with E-state index in [1.54, 1.807) is 6.07 Å². The molecular weight excluding hydrogens is 228 g/mol. The molecule has 0 aliphatic heterocycles. The number of anilines is 1. The van der Waals surface area contributed by atoms with Crippen molar-refractivity contribution in [3.05, 3.63) is 41.1 Å². The van der Waals surface area contributed by atoms with Crippen LogP contribution in [0.3, 0.4) is 0 Å². The van der Waals surface area contributed by atoms with Crippen LogP contribution in [-0.2, 0) is 0 Å². The molecule has 18 heavy (non-hydrogen) atoms. The van der Waals surface area contributed by atoms with Crippen LogP contribution in [-0.4, -0.2) is 9.97 Å². The van der Waals surface area contributed by atoms with Gasteiger partial charge in [-0.2, -0.15) is 5.26 Å². The standard InChI is InChI=1S/C13H14N4O/c1-8-6-11(7-14)17-13(15-8)16-10(3)12-5-4-9(2)18-12/h4-6,10H,1-3H3,(H,15,16,17). The van der Waals surface area contributed by atoms with Crippen LogP contribution >= 0.6 is 0 Å². The molecule has 0 fully saturated rings. The molecular formula is C13H14N4O. The Morgan fingerprint density at radius 1 is 1.33 bits per heavy atom. The van der Waals surface area contributed by atoms with Gasteiger partial charge in [-0.3, -0.25) is 0 Å². The second-order valence-corrected chi connectivity index (χ2v) is 4.14. The Bertz CT molecular complexity index is 597. The lowest BCUT2D eigenvalue weighted by molar-refractivity contribution is 0.466. The summed E-state index contributed by atoms with van der Waals surface area (Å²) in [6.45, 7) is 5.68. The Balaban J connectivity index is 2.19. The van der Waals surface area contributed by atoms with E-state index in [4.69, 9.17) is 9.68 Å². The van der Waals surface area contributed by atoms with Crippen molar-refractivity contribution in [2.45, 2.75) is 26.8 Å². The van der Waals surface area contributed by atoms with E-state index >= 15 is 0 Å². The second kappa shape index (κ2) is 4.88. The zero-order valence-electron chi connectivity index (χ0n) is 10.6. The van der Waals surface area contributed by atoms with E-state index < -0.39 is 0 Å². The lowest BCUT2D eigenvalue weighted by Crippen LogP contribution is -2.09. The molecule has 2 aromatic heterocycles. The summed E-state index contributed by atoms with van der Waals surface area (Å²) in [4.78, 5) is 8.34. The number of aromatic nitrogens is 2. The van der Waals surface area contributed by atoms with Gasteiger partial charge in [0.15, 0.2) is 0 Å². The topological polar surface area (TPSA) is 74.7 Å². The molecule has 2 rings (SSSR count). The van der Waals surface area contributed by atoms with E-state index in [0.717, 1.165) is 17.2 Å². The molecule has 2 heterocycles. The van der Waals surface area contributed by atoms with Crippen molar-refractivity contribution in [2.75, 3.05) is 5.32 Å². The number of aryl methyl sites for hydroxylation is 2. The lowest BCUT2D eigenvalue weighted by Gasteiger charge is -2.11. The molecule has 0 spiro atoms. The molecule has 0 saturated heterocycles. The fraction of sp³-hybridized carbons (Fsp3) is 0.308. The highest BCUT2D eigenvalue weighted by Crippen LogP contribution is 2.19. The Labute approximate surface area is 105 Å². The van der Waals surface area contributed by atoms with Gasteiger partial charge in [0.1, 0.15) is 23.3 Å². The summed E-state index contributed by atoms with van der Waals surface area (Å²) in [5, 5.41) is 12.0. The van der Waals surface area contributed by atoms with Crippen LogP contribution in [0.5, 0.6) is 0 Å². The average molecular weight is 242 g/mol. The minimum Gasteiger partial charge on any atom is -0.464 e. The van der Waals surface area contributed by atoms with Gasteiger partial charge in [0, 0.05) is 5.69 Å². The number of nitriles is 1. The van der Waals surface area contributed by atoms with Crippen LogP contribution in [0.15, 0.2) is 22.6 Å². The number of rotatable bonds is 3. The molecule has 2 aromatic rings. The van der Waals surface area contributed by atoms with Gasteiger partial charge in [0.25, 0.3) is 0 Å². The molecule has 5 heteroatoms. The largest absolute Gasteiger partial charge is 0.464 e. The quantitative estimate of drug-likeness (QED) is 0.895. The van der Waals surface area contributed by atoms with Crippen molar-refractivity contribution in [1.29, 1.82) is 5.26 Å². The van der Waals surface area contributed by atoms with Gasteiger partial charge in [0.2, 0.25) is 5.95 Å². The highest BCUT2D eigenvalue weighted by atomic mass is 16.3. The van der Waals surface area contributed by atoms with E-state index in [-0.39, 0.29) is 6.04 Å². The van der Waals surface area contributed by atoms with Crippen LogP contribution in [0.4, 0.5) is 5.95 Å². The van der Waals surface area contributed by atoms with Gasteiger partial charge < -0.3 is 9.73 Å². The summed E-state index contributed by atoms with van der Waals surface area (Å²) in [5.41, 5.74) is 1.11. The lowest BCUT2D eigenvalue weighted by atomic mass is 10.2. The molecule has 0 radical (unpaired) electrons. The molecule has 0 saturated carbocycles. The number of nitrogens with zero attached hydrogens (tertiary/aromatic N) is 3. The molecule has 1 atom stereocenters. The van der Waals surface area contributed by atoms with Crippen LogP contribution in [0.2, 0.25) is 0 Å². The molecule has 0 aromatic carbocycles. The van der Waals surface area contributed by atoms with Gasteiger partial charge in [-0.05, 0) is 39.0 Å². The van der Waals surface area contributed by atoms with Gasteiger partial charge in [-0.15, -0.1) is 0 Å². The second-order valence-electron chi connectivity index (χ2n) is 4.14. The summed E-state index contributed by atoms with van der Waals surface area (Å²) >= 11 is 0.